The largest absolute Gasteiger partial charge is 0.248 e. The molecule has 13 rings (SSSR count). The zero-order valence-corrected chi connectivity index (χ0v) is 49.3. The molecule has 6 heteroatoms. The van der Waals surface area contributed by atoms with E-state index < -0.39 is 0 Å². The second-order valence-corrected chi connectivity index (χ2v) is 21.4. The lowest BCUT2D eigenvalue weighted by molar-refractivity contribution is 1.41. The van der Waals surface area contributed by atoms with Gasteiger partial charge in [0.05, 0.1) is 68.4 Å². The summed E-state index contributed by atoms with van der Waals surface area (Å²) in [7, 11) is 0. The molecular formula is C84H60N6. The lowest BCUT2D eigenvalue weighted by atomic mass is 9.99. The summed E-state index contributed by atoms with van der Waals surface area (Å²) in [6.07, 6.45) is 0. The Morgan fingerprint density at radius 3 is 0.444 bits per heavy atom. The molecule has 0 aliphatic carbocycles. The Bertz CT molecular complexity index is 3990. The van der Waals surface area contributed by atoms with Crippen LogP contribution < -0.4 is 0 Å². The third kappa shape index (κ3) is 14.1. The van der Waals surface area contributed by atoms with Gasteiger partial charge in [0.2, 0.25) is 0 Å². The molecule has 13 aromatic carbocycles. The van der Waals surface area contributed by atoms with E-state index in [1.54, 1.807) is 0 Å². The van der Waals surface area contributed by atoms with Crippen LogP contribution in [0.3, 0.4) is 0 Å². The van der Waals surface area contributed by atoms with Crippen LogP contribution in [0.4, 0.5) is 34.1 Å². The Labute approximate surface area is 526 Å². The van der Waals surface area contributed by atoms with Gasteiger partial charge in [-0.25, -0.2) is 30.0 Å². The Kier molecular flexibility index (Phi) is 17.7. The second kappa shape index (κ2) is 27.9. The maximum atomic E-state index is 5.53. The highest BCUT2D eigenvalue weighted by Gasteiger charge is 2.17. The first-order valence-corrected chi connectivity index (χ1v) is 30.1. The molecule has 0 radical (unpaired) electrons. The van der Waals surface area contributed by atoms with Gasteiger partial charge in [0.15, 0.2) is 0 Å². The van der Waals surface area contributed by atoms with Crippen LogP contribution in [0.1, 0.15) is 66.8 Å². The van der Waals surface area contributed by atoms with Crippen molar-refractivity contribution in [3.8, 4) is 0 Å². The molecule has 0 saturated carbocycles. The van der Waals surface area contributed by atoms with Gasteiger partial charge in [-0.1, -0.05) is 291 Å². The molecule has 0 unspecified atom stereocenters. The van der Waals surface area contributed by atoms with Crippen LogP contribution in [0.15, 0.2) is 394 Å². The number of hydrogen-bond donors (Lipinski definition) is 0. The molecule has 6 nitrogen and oxygen atoms in total. The number of nitrogens with zero attached hydrogens (tertiary/aromatic N) is 6. The van der Waals surface area contributed by atoms with E-state index in [1.165, 1.54) is 0 Å². The minimum absolute atomic E-state index is 0.744. The van der Waals surface area contributed by atoms with E-state index in [0.29, 0.717) is 0 Å². The smallest absolute Gasteiger partial charge is 0.0783 e. The fraction of sp³-hybridized carbons (Fsp3) is 0. The number of hydrogen-bond acceptors (Lipinski definition) is 6. The van der Waals surface area contributed by atoms with Crippen molar-refractivity contribution in [2.75, 3.05) is 0 Å². The van der Waals surface area contributed by atoms with Crippen molar-refractivity contribution in [1.82, 2.24) is 0 Å². The predicted octanol–water partition coefficient (Wildman–Crippen LogP) is 20.7. The molecule has 0 spiro atoms. The van der Waals surface area contributed by atoms with E-state index in [1.807, 2.05) is 194 Å². The van der Waals surface area contributed by atoms with Gasteiger partial charge < -0.3 is 0 Å². The Morgan fingerprint density at radius 2 is 0.267 bits per heavy atom. The predicted molar refractivity (Wildman–Crippen MR) is 376 cm³/mol. The Morgan fingerprint density at radius 1 is 0.122 bits per heavy atom. The molecule has 0 heterocycles. The van der Waals surface area contributed by atoms with Crippen molar-refractivity contribution in [1.29, 1.82) is 0 Å². The molecule has 0 saturated heterocycles. The third-order valence-electron chi connectivity index (χ3n) is 15.2. The Balaban J connectivity index is 0.937. The van der Waals surface area contributed by atoms with Crippen LogP contribution in [-0.4, -0.2) is 34.3 Å². The van der Waals surface area contributed by atoms with Gasteiger partial charge in [-0.3, -0.25) is 0 Å². The van der Waals surface area contributed by atoms with Crippen LogP contribution in [-0.2, 0) is 0 Å². The lowest BCUT2D eigenvalue weighted by Crippen LogP contribution is -2.05. The summed E-state index contributed by atoms with van der Waals surface area (Å²) in [5, 5.41) is 0. The number of benzene rings is 13. The van der Waals surface area contributed by atoms with E-state index in [-0.39, 0.29) is 0 Å². The van der Waals surface area contributed by atoms with Gasteiger partial charge in [0.1, 0.15) is 0 Å². The van der Waals surface area contributed by atoms with Crippen molar-refractivity contribution >= 4 is 68.4 Å². The Hall–Kier alpha value is -12.1. The van der Waals surface area contributed by atoms with Crippen molar-refractivity contribution in [2.45, 2.75) is 0 Å². The molecule has 0 fully saturated rings. The molecule has 90 heavy (non-hydrogen) atoms. The normalized spacial score (nSPS) is 10.7. The quantitative estimate of drug-likeness (QED) is 0.0768. The fourth-order valence-electron chi connectivity index (χ4n) is 10.8. The maximum Gasteiger partial charge on any atom is 0.0783 e. The lowest BCUT2D eigenvalue weighted by Gasteiger charge is -2.13. The van der Waals surface area contributed by atoms with E-state index in [0.717, 1.165) is 135 Å². The minimum Gasteiger partial charge on any atom is -0.248 e. The molecule has 0 amide bonds. The zero-order valence-electron chi connectivity index (χ0n) is 49.3. The van der Waals surface area contributed by atoms with Crippen LogP contribution in [0.2, 0.25) is 0 Å². The summed E-state index contributed by atoms with van der Waals surface area (Å²) >= 11 is 0. The highest BCUT2D eigenvalue weighted by molar-refractivity contribution is 6.19. The van der Waals surface area contributed by atoms with Gasteiger partial charge in [-0.15, -0.1) is 0 Å². The van der Waals surface area contributed by atoms with Crippen molar-refractivity contribution in [2.24, 2.45) is 30.0 Å². The van der Waals surface area contributed by atoms with E-state index in [9.17, 15) is 0 Å². The molecule has 426 valence electrons. The first-order valence-electron chi connectivity index (χ1n) is 30.1. The summed E-state index contributed by atoms with van der Waals surface area (Å²) in [5.74, 6) is 0. The van der Waals surface area contributed by atoms with E-state index in [4.69, 9.17) is 30.0 Å². The van der Waals surface area contributed by atoms with Crippen LogP contribution in [0, 0.1) is 0 Å². The summed E-state index contributed by atoms with van der Waals surface area (Å²) in [6, 6.07) is 124. The standard InChI is InChI=1S/C84H60N6/c1-9-29-61(30-10-1)79(62-31-11-2-12-32-62)87-75-49-25-45-69(57-75)83(70-46-26-50-76(58-70)88-80(63-33-13-3-14-34-63)64-35-15-4-16-36-64)85-73-53-55-74(56-54-73)86-84(71-47-27-51-77(59-71)89-81(65-37-17-5-18-38-65)66-39-19-6-20-40-66)72-48-28-52-78(60-72)90-82(67-41-21-7-22-42-67)68-43-23-8-24-44-68/h1-60H. The topological polar surface area (TPSA) is 74.2 Å². The second-order valence-electron chi connectivity index (χ2n) is 21.4. The molecule has 13 aromatic rings. The van der Waals surface area contributed by atoms with Crippen LogP contribution in [0.5, 0.6) is 0 Å². The van der Waals surface area contributed by atoms with Gasteiger partial charge in [-0.2, -0.15) is 0 Å². The average molecular weight is 1150 g/mol. The van der Waals surface area contributed by atoms with Gasteiger partial charge in [-0.05, 0) is 72.8 Å². The first-order chi connectivity index (χ1) is 44.6. The minimum atomic E-state index is 0.744. The first kappa shape index (κ1) is 57.0. The molecular weight excluding hydrogens is 1090 g/mol. The van der Waals surface area contributed by atoms with Crippen LogP contribution >= 0.6 is 0 Å². The fourth-order valence-corrected chi connectivity index (χ4v) is 10.8. The zero-order chi connectivity index (χ0) is 60.5. The van der Waals surface area contributed by atoms with E-state index in [2.05, 4.69) is 170 Å². The molecule has 0 N–H and O–H groups in total. The highest BCUT2D eigenvalue weighted by atomic mass is 14.8. The summed E-state index contributed by atoms with van der Waals surface area (Å²) in [4.78, 5) is 32.5. The van der Waals surface area contributed by atoms with Crippen LogP contribution in [0.25, 0.3) is 0 Å². The number of aliphatic imine (C=N–C) groups is 6. The van der Waals surface area contributed by atoms with Gasteiger partial charge in [0.25, 0.3) is 0 Å². The monoisotopic (exact) mass is 1150 g/mol. The SMILES string of the molecule is c1ccc(C(=Nc2cccc(C(=Nc3ccc(N=C(c4cccc(N=C(c5ccccc5)c5ccccc5)c4)c4cccc(N=C(c5ccccc5)c5ccccc5)c4)cc3)c3cccc(N=C(c4ccccc4)c4ccccc4)c3)c2)c2ccccc2)cc1. The third-order valence-corrected chi connectivity index (χ3v) is 15.2. The van der Waals surface area contributed by atoms with Gasteiger partial charge >= 0.3 is 0 Å². The number of rotatable bonds is 18. The molecule has 0 aliphatic rings. The molecule has 0 aliphatic heterocycles. The molecule has 0 bridgehead atoms. The average Bonchev–Trinajstić information content (AvgIpc) is 3.47. The van der Waals surface area contributed by atoms with Crippen molar-refractivity contribution < 1.29 is 0 Å². The molecule has 0 aromatic heterocycles. The molecule has 0 atom stereocenters. The highest BCUT2D eigenvalue weighted by Crippen LogP contribution is 2.31. The summed E-state index contributed by atoms with van der Waals surface area (Å²) in [5.41, 5.74) is 21.4. The van der Waals surface area contributed by atoms with E-state index >= 15 is 0 Å². The summed E-state index contributed by atoms with van der Waals surface area (Å²) < 4.78 is 0. The van der Waals surface area contributed by atoms with Crippen molar-refractivity contribution in [3.63, 3.8) is 0 Å². The summed E-state index contributed by atoms with van der Waals surface area (Å²) in [6.45, 7) is 0. The van der Waals surface area contributed by atoms with Crippen molar-refractivity contribution in [3.05, 3.63) is 431 Å². The maximum absolute atomic E-state index is 5.53. The van der Waals surface area contributed by atoms with Gasteiger partial charge in [0, 0.05) is 66.8 Å².